The number of nitriles is 3. The lowest BCUT2D eigenvalue weighted by Gasteiger charge is -2.07. The summed E-state index contributed by atoms with van der Waals surface area (Å²) >= 11 is 0. The van der Waals surface area contributed by atoms with E-state index in [1.165, 1.54) is 0 Å². The molecule has 0 bridgehead atoms. The number of hydrogen-bond donors (Lipinski definition) is 0. The Labute approximate surface area is 181 Å². The zero-order valence-electron chi connectivity index (χ0n) is 17.0. The number of benzene rings is 3. The second-order valence-electron chi connectivity index (χ2n) is 7.29. The van der Waals surface area contributed by atoms with Gasteiger partial charge in [0.05, 0.1) is 34.7 Å². The summed E-state index contributed by atoms with van der Waals surface area (Å²) < 4.78 is 3.52. The third kappa shape index (κ3) is 2.33. The fraction of sp³-hybridized carbons (Fsp3) is 0.0833. The van der Waals surface area contributed by atoms with Crippen molar-refractivity contribution in [1.29, 1.82) is 15.8 Å². The van der Waals surface area contributed by atoms with Crippen molar-refractivity contribution in [2.24, 2.45) is 14.1 Å². The fourth-order valence-electron chi connectivity index (χ4n) is 4.28. The molecule has 5 aromatic rings. The molecule has 2 aromatic heterocycles. The Balaban J connectivity index is 2.05. The van der Waals surface area contributed by atoms with E-state index in [4.69, 9.17) is 6.57 Å². The van der Waals surface area contributed by atoms with Gasteiger partial charge < -0.3 is 9.13 Å². The van der Waals surface area contributed by atoms with Crippen molar-refractivity contribution in [2.45, 2.75) is 0 Å². The van der Waals surface area contributed by atoms with Gasteiger partial charge in [0.15, 0.2) is 11.1 Å². The molecule has 148 valence electrons. The van der Waals surface area contributed by atoms with Gasteiger partial charge in [0.2, 0.25) is 0 Å². The van der Waals surface area contributed by atoms with E-state index in [-0.39, 0.29) is 11.3 Å². The third-order valence-electron chi connectivity index (χ3n) is 5.74. The van der Waals surface area contributed by atoms with Gasteiger partial charge in [-0.2, -0.15) is 10.5 Å². The topological polar surface area (TPSA) is 111 Å². The van der Waals surface area contributed by atoms with Gasteiger partial charge >= 0.3 is 5.70 Å². The Morgan fingerprint density at radius 3 is 2.28 bits per heavy atom. The second-order valence-corrected chi connectivity index (χ2v) is 7.29. The summed E-state index contributed by atoms with van der Waals surface area (Å²) in [4.78, 5) is 12.5. The Kier molecular flexibility index (Phi) is 3.93. The van der Waals surface area contributed by atoms with Gasteiger partial charge in [-0.1, -0.05) is 24.3 Å². The number of aromatic nitrogens is 4. The molecule has 5 rings (SSSR count). The van der Waals surface area contributed by atoms with E-state index in [1.807, 2.05) is 54.6 Å². The molecule has 3 aromatic carbocycles. The molecule has 0 saturated carbocycles. The maximum absolute atomic E-state index is 9.34. The normalized spacial score (nSPS) is 11.8. The van der Waals surface area contributed by atoms with Gasteiger partial charge in [0.25, 0.3) is 0 Å². The summed E-state index contributed by atoms with van der Waals surface area (Å²) in [6.07, 6.45) is 0. The molecule has 8 nitrogen and oxygen atoms in total. The SMILES string of the molecule is [C-]#[N+]/C(C#N)=c1/nc2c3c(ccc4c3ccc3nc(=C(C#N)C#N)n(C)c34)ccc2n1C. The van der Waals surface area contributed by atoms with Gasteiger partial charge in [0.1, 0.15) is 17.6 Å². The predicted molar refractivity (Wildman–Crippen MR) is 120 cm³/mol. The van der Waals surface area contributed by atoms with Crippen LogP contribution in [0.3, 0.4) is 0 Å². The zero-order chi connectivity index (χ0) is 22.6. The molecule has 32 heavy (non-hydrogen) atoms. The second kappa shape index (κ2) is 6.67. The first-order valence-corrected chi connectivity index (χ1v) is 9.53. The summed E-state index contributed by atoms with van der Waals surface area (Å²) in [5.74, 6) is 0. The third-order valence-corrected chi connectivity index (χ3v) is 5.74. The summed E-state index contributed by atoms with van der Waals surface area (Å²) in [5.41, 5.74) is 3.53. The smallest absolute Gasteiger partial charge is 0.303 e. The molecular formula is C24H12N8. The molecule has 8 heteroatoms. The van der Waals surface area contributed by atoms with E-state index in [0.29, 0.717) is 22.0 Å². The Hall–Kier alpha value is -5.18. The van der Waals surface area contributed by atoms with E-state index in [2.05, 4.69) is 14.8 Å². The first-order valence-electron chi connectivity index (χ1n) is 9.53. The average Bonchev–Trinajstić information content (AvgIpc) is 3.33. The monoisotopic (exact) mass is 412 g/mol. The summed E-state index contributed by atoms with van der Waals surface area (Å²) in [5, 5.41) is 31.6. The number of imidazole rings is 2. The van der Waals surface area contributed by atoms with Crippen molar-refractivity contribution in [3.63, 3.8) is 0 Å². The van der Waals surface area contributed by atoms with Crippen molar-refractivity contribution >= 4 is 54.9 Å². The van der Waals surface area contributed by atoms with Crippen molar-refractivity contribution in [1.82, 2.24) is 19.1 Å². The lowest BCUT2D eigenvalue weighted by atomic mass is 9.99. The maximum atomic E-state index is 9.34. The quantitative estimate of drug-likeness (QED) is 0.287. The largest absolute Gasteiger partial charge is 0.336 e. The van der Waals surface area contributed by atoms with Gasteiger partial charge in [-0.25, -0.2) is 20.1 Å². The molecule has 0 aliphatic carbocycles. The minimum absolute atomic E-state index is 0.0480. The van der Waals surface area contributed by atoms with Crippen LogP contribution >= 0.6 is 0 Å². The number of aryl methyl sites for hydroxylation is 2. The molecule has 0 spiro atoms. The fourth-order valence-corrected chi connectivity index (χ4v) is 4.28. The van der Waals surface area contributed by atoms with E-state index in [9.17, 15) is 15.8 Å². The van der Waals surface area contributed by atoms with Gasteiger partial charge in [-0.3, -0.25) is 0 Å². The standard InChI is InChI=1S/C24H12N8/c1-28-18(12-27)24-30-21-19(31(24)2)9-5-13-4-6-16-15(20(13)21)7-8-17-22(16)32(3)23(29-17)14(10-25)11-26/h4-9H,2-3H3/b24-18-. The van der Waals surface area contributed by atoms with Crippen molar-refractivity contribution in [2.75, 3.05) is 0 Å². The van der Waals surface area contributed by atoms with Crippen LogP contribution in [0, 0.1) is 40.6 Å². The summed E-state index contributed by atoms with van der Waals surface area (Å²) in [6.45, 7) is 7.30. The molecule has 0 unspecified atom stereocenters. The van der Waals surface area contributed by atoms with E-state index >= 15 is 0 Å². The lowest BCUT2D eigenvalue weighted by Crippen LogP contribution is -2.17. The highest BCUT2D eigenvalue weighted by Crippen LogP contribution is 2.33. The van der Waals surface area contributed by atoms with Gasteiger partial charge in [-0.15, -0.1) is 0 Å². The van der Waals surface area contributed by atoms with Gasteiger partial charge in [-0.05, 0) is 22.9 Å². The molecule has 0 aliphatic heterocycles. The Bertz CT molecular complexity index is 1910. The van der Waals surface area contributed by atoms with Crippen LogP contribution in [-0.4, -0.2) is 19.1 Å². The molecule has 0 amide bonds. The first-order chi connectivity index (χ1) is 15.5. The molecule has 0 saturated heterocycles. The molecule has 0 aliphatic rings. The van der Waals surface area contributed by atoms with Crippen molar-refractivity contribution in [3.8, 4) is 18.2 Å². The van der Waals surface area contributed by atoms with Crippen LogP contribution in [0.25, 0.3) is 59.7 Å². The Morgan fingerprint density at radius 1 is 0.875 bits per heavy atom. The minimum atomic E-state index is -0.0631. The molecule has 0 fully saturated rings. The van der Waals surface area contributed by atoms with E-state index in [0.717, 1.165) is 32.6 Å². The van der Waals surface area contributed by atoms with Crippen molar-refractivity contribution in [3.05, 3.63) is 58.8 Å². The maximum Gasteiger partial charge on any atom is 0.303 e. The molecule has 0 atom stereocenters. The number of hydrogen-bond acceptors (Lipinski definition) is 5. The lowest BCUT2D eigenvalue weighted by molar-refractivity contribution is 0.896. The van der Waals surface area contributed by atoms with Crippen LogP contribution in [0.2, 0.25) is 0 Å². The zero-order valence-corrected chi connectivity index (χ0v) is 17.0. The highest BCUT2D eigenvalue weighted by atomic mass is 15.1. The molecule has 0 radical (unpaired) electrons. The molecule has 0 N–H and O–H groups in total. The van der Waals surface area contributed by atoms with E-state index in [1.54, 1.807) is 23.2 Å². The highest BCUT2D eigenvalue weighted by Gasteiger charge is 2.16. The van der Waals surface area contributed by atoms with Crippen LogP contribution in [0.4, 0.5) is 0 Å². The van der Waals surface area contributed by atoms with Crippen LogP contribution in [0.1, 0.15) is 0 Å². The van der Waals surface area contributed by atoms with Crippen molar-refractivity contribution < 1.29 is 0 Å². The predicted octanol–water partition coefficient (Wildman–Crippen LogP) is 2.52. The number of nitrogens with zero attached hydrogens (tertiary/aromatic N) is 8. The number of fused-ring (bicyclic) bond motifs is 7. The van der Waals surface area contributed by atoms with Crippen LogP contribution in [0.15, 0.2) is 36.4 Å². The van der Waals surface area contributed by atoms with Crippen LogP contribution in [0.5, 0.6) is 0 Å². The minimum Gasteiger partial charge on any atom is -0.336 e. The van der Waals surface area contributed by atoms with Crippen LogP contribution < -0.4 is 11.0 Å². The summed E-state index contributed by atoms with van der Waals surface area (Å²) in [7, 11) is 3.57. The molecule has 2 heterocycles. The van der Waals surface area contributed by atoms with E-state index < -0.39 is 0 Å². The number of rotatable bonds is 0. The van der Waals surface area contributed by atoms with Crippen LogP contribution in [-0.2, 0) is 14.1 Å². The Morgan fingerprint density at radius 2 is 1.59 bits per heavy atom. The average molecular weight is 412 g/mol. The summed E-state index contributed by atoms with van der Waals surface area (Å²) in [6, 6.07) is 17.5. The highest BCUT2D eigenvalue weighted by molar-refractivity contribution is 6.22. The first kappa shape index (κ1) is 18.8. The van der Waals surface area contributed by atoms with Gasteiger partial charge in [0, 0.05) is 24.9 Å². The molecular weight excluding hydrogens is 400 g/mol.